The van der Waals surface area contributed by atoms with Crippen LogP contribution in [0.25, 0.3) is 11.4 Å². The Bertz CT molecular complexity index is 777. The van der Waals surface area contributed by atoms with E-state index in [0.717, 1.165) is 31.5 Å². The lowest BCUT2D eigenvalue weighted by Gasteiger charge is -2.40. The monoisotopic (exact) mass is 457 g/mol. The number of hydrogen-bond donors (Lipinski definition) is 1. The van der Waals surface area contributed by atoms with Gasteiger partial charge in [0.1, 0.15) is 0 Å². The van der Waals surface area contributed by atoms with Crippen LogP contribution in [-0.2, 0) is 11.3 Å². The molecule has 1 aromatic heterocycles. The van der Waals surface area contributed by atoms with Gasteiger partial charge < -0.3 is 15.2 Å². The molecule has 0 radical (unpaired) electrons. The smallest absolute Gasteiger partial charge is 0.241 e. The molecular formula is C21H33Cl2N5O2. The van der Waals surface area contributed by atoms with Gasteiger partial charge in [0.15, 0.2) is 0 Å². The first-order valence-corrected chi connectivity index (χ1v) is 10.1. The third-order valence-electron chi connectivity index (χ3n) is 5.99. The molecule has 30 heavy (non-hydrogen) atoms. The predicted molar refractivity (Wildman–Crippen MR) is 123 cm³/mol. The molecule has 2 N–H and O–H groups in total. The lowest BCUT2D eigenvalue weighted by molar-refractivity contribution is -0.144. The van der Waals surface area contributed by atoms with Gasteiger partial charge >= 0.3 is 0 Å². The van der Waals surface area contributed by atoms with E-state index in [4.69, 9.17) is 10.3 Å². The van der Waals surface area contributed by atoms with Gasteiger partial charge in [-0.1, -0.05) is 48.8 Å². The predicted octanol–water partition coefficient (Wildman–Crippen LogP) is 3.30. The first-order valence-electron chi connectivity index (χ1n) is 10.1. The summed E-state index contributed by atoms with van der Waals surface area (Å²) in [5.74, 6) is 1.41. The summed E-state index contributed by atoms with van der Waals surface area (Å²) in [4.78, 5) is 21.7. The van der Waals surface area contributed by atoms with Crippen molar-refractivity contribution < 1.29 is 9.32 Å². The van der Waals surface area contributed by atoms with Gasteiger partial charge in [0.05, 0.1) is 12.0 Å². The molecule has 0 aliphatic carbocycles. The summed E-state index contributed by atoms with van der Waals surface area (Å²) in [6.45, 7) is 10.2. The van der Waals surface area contributed by atoms with Gasteiger partial charge in [-0.15, -0.1) is 24.8 Å². The van der Waals surface area contributed by atoms with E-state index in [1.807, 2.05) is 43.0 Å². The number of amides is 1. The lowest BCUT2D eigenvalue weighted by atomic mass is 9.81. The standard InChI is InChI=1S/C21H31N5O2.2ClH/c1-4-21(5-2,15-22)20(27)26-12-10-25(11-13-26)14-18-23-19(24-28-18)17-8-6-16(3)7-9-17;;/h6-9H,4-5,10-15,22H2,1-3H3;2*1H. The van der Waals surface area contributed by atoms with Gasteiger partial charge in [-0.3, -0.25) is 9.69 Å². The number of carbonyl (C=O) groups is 1. The molecule has 1 amide bonds. The third kappa shape index (κ3) is 5.72. The van der Waals surface area contributed by atoms with Crippen molar-refractivity contribution in [3.05, 3.63) is 35.7 Å². The highest BCUT2D eigenvalue weighted by atomic mass is 35.5. The third-order valence-corrected chi connectivity index (χ3v) is 5.99. The van der Waals surface area contributed by atoms with Crippen LogP contribution >= 0.6 is 24.8 Å². The van der Waals surface area contributed by atoms with Gasteiger partial charge in [0, 0.05) is 38.3 Å². The minimum absolute atomic E-state index is 0. The molecule has 0 atom stereocenters. The molecule has 1 aliphatic rings. The Hall–Kier alpha value is -1.67. The van der Waals surface area contributed by atoms with E-state index in [9.17, 15) is 4.79 Å². The van der Waals surface area contributed by atoms with Crippen LogP contribution < -0.4 is 5.73 Å². The molecule has 1 aliphatic heterocycles. The van der Waals surface area contributed by atoms with Crippen molar-refractivity contribution in [3.8, 4) is 11.4 Å². The zero-order chi connectivity index (χ0) is 20.1. The Labute approximate surface area is 191 Å². The normalized spacial score (nSPS) is 14.7. The quantitative estimate of drug-likeness (QED) is 0.685. The van der Waals surface area contributed by atoms with E-state index in [2.05, 4.69) is 22.0 Å². The number of carbonyl (C=O) groups excluding carboxylic acids is 1. The second kappa shape index (κ2) is 11.6. The van der Waals surface area contributed by atoms with Crippen molar-refractivity contribution in [2.75, 3.05) is 32.7 Å². The van der Waals surface area contributed by atoms with Gasteiger partial charge in [-0.2, -0.15) is 4.98 Å². The van der Waals surface area contributed by atoms with Gasteiger partial charge in [0.2, 0.25) is 17.6 Å². The number of rotatable bonds is 7. The molecule has 0 saturated carbocycles. The summed E-state index contributed by atoms with van der Waals surface area (Å²) < 4.78 is 5.43. The zero-order valence-corrected chi connectivity index (χ0v) is 19.6. The lowest BCUT2D eigenvalue weighted by Crippen LogP contribution is -2.54. The Balaban J connectivity index is 0.00000225. The summed E-state index contributed by atoms with van der Waals surface area (Å²) >= 11 is 0. The average Bonchev–Trinajstić information content (AvgIpc) is 3.19. The van der Waals surface area contributed by atoms with Crippen molar-refractivity contribution in [3.63, 3.8) is 0 Å². The largest absolute Gasteiger partial charge is 0.340 e. The summed E-state index contributed by atoms with van der Waals surface area (Å²) in [5.41, 5.74) is 7.67. The van der Waals surface area contributed by atoms with E-state index in [0.29, 0.717) is 37.9 Å². The molecule has 168 valence electrons. The molecule has 3 rings (SSSR count). The van der Waals surface area contributed by atoms with Crippen molar-refractivity contribution in [2.24, 2.45) is 11.1 Å². The Morgan fingerprint density at radius 3 is 2.23 bits per heavy atom. The molecular weight excluding hydrogens is 425 g/mol. The number of piperazine rings is 1. The minimum atomic E-state index is -0.419. The first kappa shape index (κ1) is 26.4. The fourth-order valence-corrected chi connectivity index (χ4v) is 3.70. The number of nitrogens with zero attached hydrogens (tertiary/aromatic N) is 4. The van der Waals surface area contributed by atoms with E-state index in [1.165, 1.54) is 5.56 Å². The Morgan fingerprint density at radius 1 is 1.10 bits per heavy atom. The maximum absolute atomic E-state index is 12.9. The molecule has 9 heteroatoms. The van der Waals surface area contributed by atoms with Crippen LogP contribution in [0.3, 0.4) is 0 Å². The van der Waals surface area contributed by atoms with Crippen LogP contribution in [0.1, 0.15) is 38.1 Å². The highest BCUT2D eigenvalue weighted by Gasteiger charge is 2.37. The second-order valence-corrected chi connectivity index (χ2v) is 7.64. The number of aromatic nitrogens is 2. The Morgan fingerprint density at radius 2 is 1.70 bits per heavy atom. The van der Waals surface area contributed by atoms with Crippen LogP contribution in [-0.4, -0.2) is 58.6 Å². The summed E-state index contributed by atoms with van der Waals surface area (Å²) in [7, 11) is 0. The van der Waals surface area contributed by atoms with Crippen molar-refractivity contribution in [1.29, 1.82) is 0 Å². The average molecular weight is 458 g/mol. The molecule has 2 aromatic rings. The second-order valence-electron chi connectivity index (χ2n) is 7.64. The topological polar surface area (TPSA) is 88.5 Å². The Kier molecular flexibility index (Phi) is 10.2. The van der Waals surface area contributed by atoms with E-state index < -0.39 is 5.41 Å². The van der Waals surface area contributed by atoms with Crippen LogP contribution in [0.4, 0.5) is 0 Å². The highest BCUT2D eigenvalue weighted by molar-refractivity contribution is 5.85. The number of aryl methyl sites for hydroxylation is 1. The number of nitrogens with two attached hydrogens (primary N) is 1. The van der Waals surface area contributed by atoms with E-state index in [1.54, 1.807) is 0 Å². The van der Waals surface area contributed by atoms with Crippen molar-refractivity contribution >= 4 is 30.7 Å². The van der Waals surface area contributed by atoms with Crippen LogP contribution in [0.5, 0.6) is 0 Å². The zero-order valence-electron chi connectivity index (χ0n) is 18.0. The molecule has 1 saturated heterocycles. The maximum Gasteiger partial charge on any atom is 0.241 e. The van der Waals surface area contributed by atoms with Crippen LogP contribution in [0.15, 0.2) is 28.8 Å². The van der Waals surface area contributed by atoms with E-state index in [-0.39, 0.29) is 30.7 Å². The number of halogens is 2. The molecule has 2 heterocycles. The number of benzene rings is 1. The highest BCUT2D eigenvalue weighted by Crippen LogP contribution is 2.28. The minimum Gasteiger partial charge on any atom is -0.340 e. The van der Waals surface area contributed by atoms with E-state index >= 15 is 0 Å². The summed E-state index contributed by atoms with van der Waals surface area (Å²) in [5, 5.41) is 4.10. The van der Waals surface area contributed by atoms with Crippen LogP contribution in [0, 0.1) is 12.3 Å². The van der Waals surface area contributed by atoms with Crippen molar-refractivity contribution in [1.82, 2.24) is 19.9 Å². The SMILES string of the molecule is CCC(CC)(CN)C(=O)N1CCN(Cc2nc(-c3ccc(C)cc3)no2)CC1.Cl.Cl. The number of hydrogen-bond acceptors (Lipinski definition) is 6. The van der Waals surface area contributed by atoms with Crippen molar-refractivity contribution in [2.45, 2.75) is 40.2 Å². The molecule has 0 spiro atoms. The maximum atomic E-state index is 12.9. The van der Waals surface area contributed by atoms with Gasteiger partial charge in [-0.25, -0.2) is 0 Å². The van der Waals surface area contributed by atoms with Gasteiger partial charge in [0.25, 0.3) is 0 Å². The molecule has 0 unspecified atom stereocenters. The van der Waals surface area contributed by atoms with Crippen LogP contribution in [0.2, 0.25) is 0 Å². The van der Waals surface area contributed by atoms with Gasteiger partial charge in [-0.05, 0) is 19.8 Å². The molecule has 0 bridgehead atoms. The molecule has 1 aromatic carbocycles. The molecule has 7 nitrogen and oxygen atoms in total. The fraction of sp³-hybridized carbons (Fsp3) is 0.571. The summed E-state index contributed by atoms with van der Waals surface area (Å²) in [6.07, 6.45) is 1.56. The fourth-order valence-electron chi connectivity index (χ4n) is 3.70. The first-order chi connectivity index (χ1) is 13.5. The summed E-state index contributed by atoms with van der Waals surface area (Å²) in [6, 6.07) is 8.07. The molecule has 1 fully saturated rings.